The third-order valence-corrected chi connectivity index (χ3v) is 3.56. The van der Waals surface area contributed by atoms with Crippen LogP contribution >= 0.6 is 0 Å². The molecule has 0 nitrogen and oxygen atoms in total. The van der Waals surface area contributed by atoms with E-state index in [1.165, 1.54) is 0 Å². The van der Waals surface area contributed by atoms with Gasteiger partial charge in [-0.2, -0.15) is 0 Å². The molecule has 0 amide bonds. The van der Waals surface area contributed by atoms with Crippen LogP contribution in [0, 0.1) is 0 Å². The summed E-state index contributed by atoms with van der Waals surface area (Å²) in [6.45, 7) is 0. The molecule has 0 saturated heterocycles. The molecule has 5 rings (SSSR count). The SMILES string of the molecule is [2H]c1c([2H])c([2H])c2c([2H])c3c4c([2H])c([2H])c([2H])c([2H])c4c4c([2H])c([2H])c([2H])c([2H])c4c3c([2H])c2c1[2H]. The number of hydrogen-bond donors (Lipinski definition) is 0. The number of benzene rings is 5. The van der Waals surface area contributed by atoms with Gasteiger partial charge in [0, 0.05) is 0 Å². The van der Waals surface area contributed by atoms with E-state index in [2.05, 4.69) is 0 Å². The maximum absolute atomic E-state index is 8.93. The Morgan fingerprint density at radius 3 is 1.14 bits per heavy atom. The molecule has 0 aliphatic heterocycles. The van der Waals surface area contributed by atoms with E-state index in [0.717, 1.165) is 0 Å². The molecule has 0 fully saturated rings. The van der Waals surface area contributed by atoms with Crippen LogP contribution in [0.5, 0.6) is 0 Å². The maximum Gasteiger partial charge on any atom is 0.0636 e. The molecule has 0 atom stereocenters. The third kappa shape index (κ3) is 1.52. The molecule has 0 heterocycles. The minimum absolute atomic E-state index is 0.253. The van der Waals surface area contributed by atoms with Gasteiger partial charge in [0.1, 0.15) is 0 Å². The minimum atomic E-state index is -0.657. The monoisotopic (exact) mass is 292 g/mol. The summed E-state index contributed by atoms with van der Waals surface area (Å²) in [6.07, 6.45) is 0. The molecule has 22 heavy (non-hydrogen) atoms. The predicted octanol–water partition coefficient (Wildman–Crippen LogP) is 6.30. The summed E-state index contributed by atoms with van der Waals surface area (Å²) < 4.78 is 117. The van der Waals surface area contributed by atoms with E-state index in [4.69, 9.17) is 19.2 Å². The highest BCUT2D eigenvalue weighted by Crippen LogP contribution is 2.36. The predicted molar refractivity (Wildman–Crippen MR) is 96.5 cm³/mol. The second-order valence-corrected chi connectivity index (χ2v) is 4.75. The first-order valence-corrected chi connectivity index (χ1v) is 6.50. The van der Waals surface area contributed by atoms with Gasteiger partial charge in [-0.1, -0.05) is 72.5 Å². The molecular weight excluding hydrogens is 264 g/mol. The van der Waals surface area contributed by atoms with Crippen molar-refractivity contribution in [2.24, 2.45) is 0 Å². The maximum atomic E-state index is 8.93. The fourth-order valence-corrected chi connectivity index (χ4v) is 2.62. The van der Waals surface area contributed by atoms with E-state index in [0.29, 0.717) is 0 Å². The topological polar surface area (TPSA) is 0 Å². The Morgan fingerprint density at radius 1 is 0.409 bits per heavy atom. The molecule has 5 aromatic carbocycles. The Hall–Kier alpha value is -2.86. The highest BCUT2D eigenvalue weighted by Gasteiger charge is 2.08. The highest BCUT2D eigenvalue weighted by atomic mass is 14.1. The summed E-state index contributed by atoms with van der Waals surface area (Å²) in [6, 6.07) is -8.57. The van der Waals surface area contributed by atoms with Gasteiger partial charge >= 0.3 is 0 Å². The molecule has 102 valence electrons. The lowest BCUT2D eigenvalue weighted by Gasteiger charge is -2.11. The Morgan fingerprint density at radius 2 is 0.727 bits per heavy atom. The zero-order valence-corrected chi connectivity index (χ0v) is 11.0. The first kappa shape index (κ1) is 4.57. The fourth-order valence-electron chi connectivity index (χ4n) is 2.62. The molecule has 0 radical (unpaired) electrons. The van der Waals surface area contributed by atoms with E-state index < -0.39 is 84.6 Å². The molecule has 0 saturated carbocycles. The van der Waals surface area contributed by atoms with Crippen molar-refractivity contribution in [3.8, 4) is 0 Å². The Balaban J connectivity index is 2.39. The average Bonchev–Trinajstić information content (AvgIpc) is 2.85. The molecule has 0 aliphatic carbocycles. The zero-order valence-electron chi connectivity index (χ0n) is 25.0. The Bertz CT molecular complexity index is 1740. The lowest BCUT2D eigenvalue weighted by Crippen LogP contribution is -1.83. The van der Waals surface area contributed by atoms with Crippen LogP contribution in [0.2, 0.25) is 0 Å². The summed E-state index contributed by atoms with van der Waals surface area (Å²) in [5.74, 6) is 0. The lowest BCUT2D eigenvalue weighted by molar-refractivity contribution is 1.78. The van der Waals surface area contributed by atoms with Gasteiger partial charge in [0.2, 0.25) is 0 Å². The Kier molecular flexibility index (Phi) is 0.896. The van der Waals surface area contributed by atoms with Gasteiger partial charge in [-0.3, -0.25) is 0 Å². The smallest absolute Gasteiger partial charge is 0.0616 e. The van der Waals surface area contributed by atoms with E-state index in [-0.39, 0.29) is 43.1 Å². The van der Waals surface area contributed by atoms with Crippen molar-refractivity contribution < 1.29 is 19.2 Å². The fraction of sp³-hybridized carbons (Fsp3) is 0. The van der Waals surface area contributed by atoms with E-state index in [1.807, 2.05) is 0 Å². The molecule has 5 aromatic rings. The molecule has 0 heteroatoms. The van der Waals surface area contributed by atoms with Crippen molar-refractivity contribution in [3.05, 3.63) is 84.6 Å². The molecule has 0 unspecified atom stereocenters. The molecule has 0 N–H and O–H groups in total. The van der Waals surface area contributed by atoms with Crippen LogP contribution in [0.15, 0.2) is 84.6 Å². The van der Waals surface area contributed by atoms with E-state index >= 15 is 0 Å². The largest absolute Gasteiger partial charge is 0.0636 e. The normalized spacial score (nSPS) is 20.5. The minimum Gasteiger partial charge on any atom is -0.0616 e. The molecule has 0 aromatic heterocycles. The quantitative estimate of drug-likeness (QED) is 0.232. The molecule has 0 bridgehead atoms. The molecular formula is C22H14. The Labute approximate surface area is 148 Å². The van der Waals surface area contributed by atoms with Crippen LogP contribution in [0.3, 0.4) is 0 Å². The van der Waals surface area contributed by atoms with Crippen molar-refractivity contribution in [3.63, 3.8) is 0 Å². The van der Waals surface area contributed by atoms with Crippen molar-refractivity contribution >= 4 is 43.1 Å². The number of fused-ring (bicyclic) bond motifs is 7. The highest BCUT2D eigenvalue weighted by molar-refractivity contribution is 6.27. The van der Waals surface area contributed by atoms with Gasteiger partial charge in [0.25, 0.3) is 0 Å². The standard InChI is InChI=1S/C22H14/c1-2-8-16-14-22-20-12-6-4-10-18(20)17-9-3-5-11-19(17)21(22)13-15(16)7-1/h1-14H/i1D,2D,3D,4D,5D,6D,7D,8D,9D,10D,11D,12D,13D,14D. The van der Waals surface area contributed by atoms with E-state index in [9.17, 15) is 0 Å². The molecule has 0 spiro atoms. The third-order valence-electron chi connectivity index (χ3n) is 3.56. The van der Waals surface area contributed by atoms with Crippen molar-refractivity contribution in [1.29, 1.82) is 0 Å². The zero-order chi connectivity index (χ0) is 26.7. The van der Waals surface area contributed by atoms with Gasteiger partial charge in [-0.15, -0.1) is 0 Å². The summed E-state index contributed by atoms with van der Waals surface area (Å²) >= 11 is 0. The molecule has 0 aliphatic rings. The van der Waals surface area contributed by atoms with Crippen LogP contribution in [-0.4, -0.2) is 0 Å². The van der Waals surface area contributed by atoms with Gasteiger partial charge < -0.3 is 0 Å². The van der Waals surface area contributed by atoms with Gasteiger partial charge in [0.05, 0.1) is 19.2 Å². The van der Waals surface area contributed by atoms with Crippen molar-refractivity contribution in [2.75, 3.05) is 0 Å². The second kappa shape index (κ2) is 4.32. The second-order valence-electron chi connectivity index (χ2n) is 4.75. The summed E-state index contributed by atoms with van der Waals surface area (Å²) in [5, 5.41) is -2.20. The average molecular weight is 292 g/mol. The summed E-state index contributed by atoms with van der Waals surface area (Å²) in [4.78, 5) is 0. The first-order chi connectivity index (χ1) is 16.7. The number of hydrogen-bond acceptors (Lipinski definition) is 0. The van der Waals surface area contributed by atoms with Crippen molar-refractivity contribution in [2.45, 2.75) is 0 Å². The summed E-state index contributed by atoms with van der Waals surface area (Å²) in [5.41, 5.74) is 0. The van der Waals surface area contributed by atoms with Gasteiger partial charge in [0.15, 0.2) is 0 Å². The number of rotatable bonds is 0. The van der Waals surface area contributed by atoms with E-state index in [1.54, 1.807) is 0 Å². The van der Waals surface area contributed by atoms with Crippen LogP contribution in [-0.2, 0) is 0 Å². The van der Waals surface area contributed by atoms with Crippen LogP contribution in [0.4, 0.5) is 0 Å². The van der Waals surface area contributed by atoms with Gasteiger partial charge in [-0.05, 0) is 55.2 Å². The van der Waals surface area contributed by atoms with Crippen LogP contribution in [0.1, 0.15) is 19.2 Å². The summed E-state index contributed by atoms with van der Waals surface area (Å²) in [7, 11) is 0. The van der Waals surface area contributed by atoms with Crippen molar-refractivity contribution in [1.82, 2.24) is 0 Å². The van der Waals surface area contributed by atoms with Crippen LogP contribution < -0.4 is 0 Å². The van der Waals surface area contributed by atoms with Crippen LogP contribution in [0.25, 0.3) is 43.1 Å². The first-order valence-electron chi connectivity index (χ1n) is 13.5. The lowest BCUT2D eigenvalue weighted by atomic mass is 9.92. The van der Waals surface area contributed by atoms with Gasteiger partial charge in [-0.25, -0.2) is 0 Å².